The summed E-state index contributed by atoms with van der Waals surface area (Å²) in [6.07, 6.45) is -7.48. The minimum atomic E-state index is -1.74. The van der Waals surface area contributed by atoms with Gasteiger partial charge in [0.2, 0.25) is 6.29 Å². The van der Waals surface area contributed by atoms with Gasteiger partial charge < -0.3 is 59.8 Å². The van der Waals surface area contributed by atoms with Crippen molar-refractivity contribution in [1.29, 1.82) is 0 Å². The van der Waals surface area contributed by atoms with Crippen LogP contribution in [0.2, 0.25) is 0 Å². The van der Waals surface area contributed by atoms with Crippen molar-refractivity contribution in [2.24, 2.45) is 17.8 Å². The van der Waals surface area contributed by atoms with Gasteiger partial charge in [0.05, 0.1) is 25.0 Å². The average Bonchev–Trinajstić information content (AvgIpc) is 3.32. The number of carboxylic acid groups (broad SMARTS) is 2. The third-order valence-corrected chi connectivity index (χ3v) is 7.26. The van der Waals surface area contributed by atoms with Crippen molar-refractivity contribution >= 4 is 17.9 Å². The quantitative estimate of drug-likeness (QED) is 0.137. The van der Waals surface area contributed by atoms with Crippen LogP contribution in [0, 0.1) is 17.8 Å². The maximum Gasteiger partial charge on any atom is 0.342 e. The lowest BCUT2D eigenvalue weighted by molar-refractivity contribution is -0.342. The van der Waals surface area contributed by atoms with Crippen LogP contribution >= 0.6 is 0 Å². The Bertz CT molecular complexity index is 1150. The normalized spacial score (nSPS) is 33.9. The number of aromatic hydroxyl groups is 2. The van der Waals surface area contributed by atoms with Crippen LogP contribution < -0.4 is 0 Å². The van der Waals surface area contributed by atoms with Crippen LogP contribution in [0.1, 0.15) is 33.6 Å². The Kier molecular flexibility index (Phi) is 8.29. The van der Waals surface area contributed by atoms with E-state index in [1.165, 1.54) is 0 Å². The van der Waals surface area contributed by atoms with Gasteiger partial charge in [-0.15, -0.1) is 0 Å². The molecule has 214 valence electrons. The molecule has 1 aliphatic carbocycles. The molecule has 1 saturated heterocycles. The van der Waals surface area contributed by atoms with Gasteiger partial charge in [0.1, 0.15) is 47.0 Å². The second-order valence-electron chi connectivity index (χ2n) is 9.53. The molecule has 8 N–H and O–H groups in total. The van der Waals surface area contributed by atoms with E-state index in [4.69, 9.17) is 24.1 Å². The zero-order chi connectivity index (χ0) is 28.6. The summed E-state index contributed by atoms with van der Waals surface area (Å²) in [6.45, 7) is -1.01. The number of aliphatic carboxylic acids is 1. The Balaban J connectivity index is 1.51. The molecule has 2 aliphatic heterocycles. The predicted molar refractivity (Wildman–Crippen MR) is 122 cm³/mol. The second-order valence-corrected chi connectivity index (χ2v) is 9.53. The first-order valence-corrected chi connectivity index (χ1v) is 12.0. The molecule has 1 aromatic carbocycles. The minimum absolute atomic E-state index is 0.0608. The van der Waals surface area contributed by atoms with Crippen molar-refractivity contribution in [2.45, 2.75) is 49.8 Å². The van der Waals surface area contributed by atoms with Crippen molar-refractivity contribution in [1.82, 2.24) is 0 Å². The molecule has 1 aromatic rings. The van der Waals surface area contributed by atoms with Crippen LogP contribution in [0.15, 0.2) is 24.0 Å². The first kappa shape index (κ1) is 28.5. The van der Waals surface area contributed by atoms with E-state index in [-0.39, 0.29) is 12.2 Å². The van der Waals surface area contributed by atoms with Crippen LogP contribution in [-0.4, -0.2) is 109 Å². The third kappa shape index (κ3) is 5.50. The Morgan fingerprint density at radius 1 is 0.897 bits per heavy atom. The molecular weight excluding hydrogens is 528 g/mol. The van der Waals surface area contributed by atoms with Gasteiger partial charge in [-0.3, -0.25) is 0 Å². The second kappa shape index (κ2) is 11.3. The minimum Gasteiger partial charge on any atom is -0.507 e. The predicted octanol–water partition coefficient (Wildman–Crippen LogP) is -1.26. The van der Waals surface area contributed by atoms with Crippen LogP contribution in [0.5, 0.6) is 11.5 Å². The van der Waals surface area contributed by atoms with E-state index < -0.39 is 102 Å². The van der Waals surface area contributed by atoms with E-state index in [1.807, 2.05) is 0 Å². The number of rotatable bonds is 8. The molecule has 3 aliphatic rings. The summed E-state index contributed by atoms with van der Waals surface area (Å²) in [4.78, 5) is 35.5. The van der Waals surface area contributed by atoms with E-state index in [0.717, 1.165) is 12.3 Å². The summed E-state index contributed by atoms with van der Waals surface area (Å²) in [7, 11) is 0. The molecule has 2 heterocycles. The Morgan fingerprint density at radius 3 is 2.21 bits per heavy atom. The van der Waals surface area contributed by atoms with Crippen molar-refractivity contribution in [3.8, 4) is 11.5 Å². The third-order valence-electron chi connectivity index (χ3n) is 7.26. The number of phenols is 2. The topological polar surface area (TPSA) is 250 Å². The standard InChI is InChI=1S/C24H28O15/c25-5-15-17(28)18(29)19(30)24(38-15)39-23-16-8(1-2-9(16)12(7-37-23)21(33)34)6-36-22(35)11-4-13(26)10(20(31)32)3-14(11)27/h3-4,7-9,15-19,23-30H,1-2,5-6H2,(H,31,32)(H,33,34)/t8-,9-,15+,16-,17+,18-,19+,23+,24-/m0/s1. The molecule has 0 bridgehead atoms. The molecule has 0 spiro atoms. The molecule has 0 aromatic heterocycles. The van der Waals surface area contributed by atoms with Crippen molar-refractivity contribution < 1.29 is 74.2 Å². The molecule has 0 unspecified atom stereocenters. The first-order valence-electron chi connectivity index (χ1n) is 12.0. The van der Waals surface area contributed by atoms with Crippen LogP contribution in [0.4, 0.5) is 0 Å². The fourth-order valence-electron chi connectivity index (χ4n) is 5.21. The molecule has 0 amide bonds. The summed E-state index contributed by atoms with van der Waals surface area (Å²) in [5.74, 6) is -7.29. The van der Waals surface area contributed by atoms with Crippen LogP contribution in [-0.2, 0) is 23.7 Å². The Hall–Kier alpha value is -3.47. The number of fused-ring (bicyclic) bond motifs is 1. The van der Waals surface area contributed by atoms with E-state index in [0.29, 0.717) is 18.9 Å². The van der Waals surface area contributed by atoms with Gasteiger partial charge in [-0.1, -0.05) is 0 Å². The van der Waals surface area contributed by atoms with E-state index in [1.54, 1.807) is 0 Å². The molecule has 15 heteroatoms. The fourth-order valence-corrected chi connectivity index (χ4v) is 5.21. The Morgan fingerprint density at radius 2 is 1.56 bits per heavy atom. The van der Waals surface area contributed by atoms with Gasteiger partial charge in [0, 0.05) is 17.8 Å². The van der Waals surface area contributed by atoms with Gasteiger partial charge >= 0.3 is 17.9 Å². The maximum absolute atomic E-state index is 12.6. The van der Waals surface area contributed by atoms with Gasteiger partial charge in [-0.05, 0) is 25.0 Å². The SMILES string of the molecule is O=C(O)C1=CO[C@H](O[C@@H]2O[C@H](CO)[C@@H](O)[C@H](O)[C@H]2O)[C@H]2[C@H](COC(=O)c3cc(O)c(C(=O)O)cc3O)CC[C@@H]12. The monoisotopic (exact) mass is 556 g/mol. The number of aliphatic hydroxyl groups excluding tert-OH is 4. The smallest absolute Gasteiger partial charge is 0.342 e. The number of carboxylic acids is 2. The highest BCUT2D eigenvalue weighted by Crippen LogP contribution is 2.47. The molecule has 4 rings (SSSR count). The Labute approximate surface area is 220 Å². The van der Waals surface area contributed by atoms with Crippen LogP contribution in [0.3, 0.4) is 0 Å². The number of ether oxygens (including phenoxy) is 4. The van der Waals surface area contributed by atoms with Gasteiger partial charge in [-0.25, -0.2) is 14.4 Å². The molecule has 0 radical (unpaired) electrons. The van der Waals surface area contributed by atoms with Gasteiger partial charge in [0.25, 0.3) is 0 Å². The fraction of sp³-hybridized carbons (Fsp3) is 0.542. The lowest BCUT2D eigenvalue weighted by atomic mass is 9.83. The lowest BCUT2D eigenvalue weighted by Gasteiger charge is -2.43. The van der Waals surface area contributed by atoms with Gasteiger partial charge in [0.15, 0.2) is 6.29 Å². The number of phenolic OH excluding ortho intramolecular Hbond substituents is 1. The van der Waals surface area contributed by atoms with E-state index >= 15 is 0 Å². The first-order chi connectivity index (χ1) is 18.4. The zero-order valence-electron chi connectivity index (χ0n) is 20.2. The highest BCUT2D eigenvalue weighted by atomic mass is 16.8. The van der Waals surface area contributed by atoms with E-state index in [2.05, 4.69) is 0 Å². The number of aliphatic hydroxyl groups is 4. The molecule has 2 fully saturated rings. The van der Waals surface area contributed by atoms with Crippen molar-refractivity contribution in [3.63, 3.8) is 0 Å². The summed E-state index contributed by atoms with van der Waals surface area (Å²) in [6, 6.07) is 1.45. The molecule has 15 nitrogen and oxygen atoms in total. The highest BCUT2D eigenvalue weighted by Gasteiger charge is 2.52. The number of esters is 1. The summed E-state index contributed by atoms with van der Waals surface area (Å²) in [5, 5.41) is 78.4. The molecule has 39 heavy (non-hydrogen) atoms. The number of carbonyl (C=O) groups excluding carboxylic acids is 1. The number of carbonyl (C=O) groups is 3. The highest BCUT2D eigenvalue weighted by molar-refractivity contribution is 5.97. The molecule has 9 atom stereocenters. The number of hydrogen-bond acceptors (Lipinski definition) is 13. The molecule has 1 saturated carbocycles. The van der Waals surface area contributed by atoms with Crippen molar-refractivity contribution in [3.05, 3.63) is 35.1 Å². The number of aromatic carboxylic acids is 1. The summed E-state index contributed by atoms with van der Waals surface area (Å²) in [5.41, 5.74) is -1.18. The molecular formula is C24H28O15. The maximum atomic E-state index is 12.6. The average molecular weight is 556 g/mol. The largest absolute Gasteiger partial charge is 0.507 e. The summed E-state index contributed by atoms with van der Waals surface area (Å²) < 4.78 is 21.9. The number of hydrogen-bond donors (Lipinski definition) is 8. The summed E-state index contributed by atoms with van der Waals surface area (Å²) >= 11 is 0. The lowest BCUT2D eigenvalue weighted by Crippen LogP contribution is -2.60. The number of benzene rings is 1. The van der Waals surface area contributed by atoms with Crippen molar-refractivity contribution in [2.75, 3.05) is 13.2 Å². The van der Waals surface area contributed by atoms with E-state index in [9.17, 15) is 50.1 Å². The van der Waals surface area contributed by atoms with Crippen LogP contribution in [0.25, 0.3) is 0 Å². The van der Waals surface area contributed by atoms with Gasteiger partial charge in [-0.2, -0.15) is 0 Å². The zero-order valence-corrected chi connectivity index (χ0v) is 20.2.